The molecule has 102 valence electrons. The average molecular weight is 275 g/mol. The molecule has 1 heterocycles. The number of aryl methyl sites for hydroxylation is 1. The fraction of sp³-hybridized carbons (Fsp3) is 0.375. The van der Waals surface area contributed by atoms with Crippen LogP contribution in [0.2, 0.25) is 0 Å². The summed E-state index contributed by atoms with van der Waals surface area (Å²) in [5.41, 5.74) is 4.00. The molecule has 2 nitrogen and oxygen atoms in total. The first kappa shape index (κ1) is 14.3. The van der Waals surface area contributed by atoms with Gasteiger partial charge in [0.05, 0.1) is 6.61 Å². The van der Waals surface area contributed by atoms with Gasteiger partial charge in [-0.1, -0.05) is 31.2 Å². The molecule has 0 aliphatic heterocycles. The van der Waals surface area contributed by atoms with Gasteiger partial charge in [-0.3, -0.25) is 0 Å². The molecule has 0 saturated heterocycles. The predicted octanol–water partition coefficient (Wildman–Crippen LogP) is 3.75. The van der Waals surface area contributed by atoms with Gasteiger partial charge in [0.1, 0.15) is 0 Å². The first-order valence-electron chi connectivity index (χ1n) is 6.66. The van der Waals surface area contributed by atoms with Crippen molar-refractivity contribution in [1.82, 2.24) is 5.32 Å². The molecule has 0 amide bonds. The van der Waals surface area contributed by atoms with Crippen LogP contribution in [0.1, 0.15) is 28.5 Å². The minimum absolute atomic E-state index is 0.683. The lowest BCUT2D eigenvalue weighted by Crippen LogP contribution is -2.12. The van der Waals surface area contributed by atoms with Crippen molar-refractivity contribution in [2.45, 2.75) is 33.0 Å². The highest BCUT2D eigenvalue weighted by Gasteiger charge is 2.01. The fourth-order valence-electron chi connectivity index (χ4n) is 2.08. The van der Waals surface area contributed by atoms with Gasteiger partial charge in [0.25, 0.3) is 0 Å². The van der Waals surface area contributed by atoms with E-state index >= 15 is 0 Å². The van der Waals surface area contributed by atoms with Gasteiger partial charge in [0, 0.05) is 25.1 Å². The first-order valence-corrected chi connectivity index (χ1v) is 7.54. The highest BCUT2D eigenvalue weighted by Crippen LogP contribution is 2.17. The number of thiophene rings is 1. The fourth-order valence-corrected chi connectivity index (χ4v) is 3.02. The zero-order valence-electron chi connectivity index (χ0n) is 11.6. The largest absolute Gasteiger partial charge is 0.380 e. The van der Waals surface area contributed by atoms with E-state index in [4.69, 9.17) is 4.74 Å². The number of hydrogen-bond donors (Lipinski definition) is 1. The topological polar surface area (TPSA) is 21.3 Å². The molecule has 0 atom stereocenters. The van der Waals surface area contributed by atoms with Crippen molar-refractivity contribution in [2.24, 2.45) is 0 Å². The molecular weight excluding hydrogens is 254 g/mol. The number of nitrogens with one attached hydrogen (secondary N) is 1. The molecule has 0 aliphatic rings. The second-order valence-corrected chi connectivity index (χ2v) is 5.58. The molecule has 0 aliphatic carbocycles. The van der Waals surface area contributed by atoms with Gasteiger partial charge in [0.2, 0.25) is 0 Å². The Kier molecular flexibility index (Phi) is 5.58. The maximum absolute atomic E-state index is 5.11. The Balaban J connectivity index is 1.82. The Morgan fingerprint density at radius 1 is 1.05 bits per heavy atom. The zero-order chi connectivity index (χ0) is 13.5. The van der Waals surface area contributed by atoms with Crippen LogP contribution in [0.3, 0.4) is 0 Å². The van der Waals surface area contributed by atoms with Crippen molar-refractivity contribution in [1.29, 1.82) is 0 Å². The molecule has 0 unspecified atom stereocenters. The molecule has 1 aromatic heterocycles. The van der Waals surface area contributed by atoms with Gasteiger partial charge in [0.15, 0.2) is 0 Å². The van der Waals surface area contributed by atoms with E-state index < -0.39 is 0 Å². The second-order valence-electron chi connectivity index (χ2n) is 4.58. The Morgan fingerprint density at radius 2 is 1.79 bits per heavy atom. The third kappa shape index (κ3) is 4.16. The predicted molar refractivity (Wildman–Crippen MR) is 81.4 cm³/mol. The van der Waals surface area contributed by atoms with Gasteiger partial charge in [-0.2, -0.15) is 0 Å². The minimum atomic E-state index is 0.683. The molecule has 2 aromatic rings. The van der Waals surface area contributed by atoms with Crippen LogP contribution in [-0.4, -0.2) is 7.11 Å². The van der Waals surface area contributed by atoms with E-state index in [9.17, 15) is 0 Å². The quantitative estimate of drug-likeness (QED) is 0.831. The zero-order valence-corrected chi connectivity index (χ0v) is 12.4. The summed E-state index contributed by atoms with van der Waals surface area (Å²) in [5, 5.41) is 5.69. The molecule has 0 bridgehead atoms. The van der Waals surface area contributed by atoms with Crippen LogP contribution in [0.4, 0.5) is 0 Å². The Hall–Kier alpha value is -1.16. The van der Waals surface area contributed by atoms with E-state index in [2.05, 4.69) is 48.0 Å². The average Bonchev–Trinajstić information content (AvgIpc) is 2.88. The highest BCUT2D eigenvalue weighted by molar-refractivity contribution is 7.10. The summed E-state index contributed by atoms with van der Waals surface area (Å²) >= 11 is 1.84. The number of hydrogen-bond acceptors (Lipinski definition) is 3. The van der Waals surface area contributed by atoms with E-state index in [-0.39, 0.29) is 0 Å². The lowest BCUT2D eigenvalue weighted by atomic mass is 10.1. The van der Waals surface area contributed by atoms with E-state index in [1.165, 1.54) is 21.6 Å². The third-order valence-electron chi connectivity index (χ3n) is 3.17. The number of ether oxygens (including phenoxy) is 1. The van der Waals surface area contributed by atoms with Crippen LogP contribution in [0, 0.1) is 0 Å². The van der Waals surface area contributed by atoms with Crippen molar-refractivity contribution in [3.05, 3.63) is 57.3 Å². The summed E-state index contributed by atoms with van der Waals surface area (Å²) in [6, 6.07) is 10.8. The Labute approximate surface area is 119 Å². The number of methoxy groups -OCH3 is 1. The second kappa shape index (κ2) is 7.43. The Bertz CT molecular complexity index is 490. The molecule has 0 spiro atoms. The lowest BCUT2D eigenvalue weighted by molar-refractivity contribution is 0.185. The molecule has 2 rings (SSSR count). The molecule has 0 radical (unpaired) electrons. The van der Waals surface area contributed by atoms with Gasteiger partial charge >= 0.3 is 0 Å². The summed E-state index contributed by atoms with van der Waals surface area (Å²) < 4.78 is 5.11. The first-order chi connectivity index (χ1) is 9.33. The van der Waals surface area contributed by atoms with Crippen molar-refractivity contribution in [3.63, 3.8) is 0 Å². The smallest absolute Gasteiger partial charge is 0.0713 e. The van der Waals surface area contributed by atoms with Crippen LogP contribution in [0.25, 0.3) is 0 Å². The summed E-state index contributed by atoms with van der Waals surface area (Å²) in [7, 11) is 1.72. The van der Waals surface area contributed by atoms with E-state index in [1.807, 2.05) is 11.3 Å². The van der Waals surface area contributed by atoms with Crippen molar-refractivity contribution in [2.75, 3.05) is 7.11 Å². The molecular formula is C16H21NOS. The van der Waals surface area contributed by atoms with Gasteiger partial charge in [-0.25, -0.2) is 0 Å². The minimum Gasteiger partial charge on any atom is -0.380 e. The Morgan fingerprint density at radius 3 is 2.47 bits per heavy atom. The van der Waals surface area contributed by atoms with Gasteiger partial charge < -0.3 is 10.1 Å². The molecule has 0 saturated carbocycles. The molecule has 0 fully saturated rings. The maximum Gasteiger partial charge on any atom is 0.0713 e. The van der Waals surface area contributed by atoms with Crippen molar-refractivity contribution in [3.8, 4) is 0 Å². The lowest BCUT2D eigenvalue weighted by Gasteiger charge is -2.06. The number of benzene rings is 1. The van der Waals surface area contributed by atoms with Gasteiger partial charge in [-0.05, 0) is 34.6 Å². The van der Waals surface area contributed by atoms with Gasteiger partial charge in [-0.15, -0.1) is 11.3 Å². The van der Waals surface area contributed by atoms with E-state index in [1.54, 1.807) is 7.11 Å². The van der Waals surface area contributed by atoms with Crippen LogP contribution >= 0.6 is 11.3 Å². The molecule has 1 aromatic carbocycles. The summed E-state index contributed by atoms with van der Waals surface area (Å²) in [4.78, 5) is 1.46. The highest BCUT2D eigenvalue weighted by atomic mass is 32.1. The van der Waals surface area contributed by atoms with Crippen LogP contribution in [-0.2, 0) is 30.9 Å². The molecule has 19 heavy (non-hydrogen) atoms. The van der Waals surface area contributed by atoms with E-state index in [0.29, 0.717) is 6.61 Å². The monoisotopic (exact) mass is 275 g/mol. The standard InChI is InChI=1S/C16H21NOS/c1-3-15-8-9-19-16(15)11-17-10-13-4-6-14(7-5-13)12-18-2/h4-9,17H,3,10-12H2,1-2H3. The SMILES string of the molecule is CCc1ccsc1CNCc1ccc(COC)cc1. The van der Waals surface area contributed by atoms with Crippen LogP contribution < -0.4 is 5.32 Å². The molecule has 1 N–H and O–H groups in total. The van der Waals surface area contributed by atoms with E-state index in [0.717, 1.165) is 19.5 Å². The van der Waals surface area contributed by atoms with Crippen LogP contribution in [0.5, 0.6) is 0 Å². The van der Waals surface area contributed by atoms with Crippen molar-refractivity contribution < 1.29 is 4.74 Å². The summed E-state index contributed by atoms with van der Waals surface area (Å²) in [6.45, 7) is 4.76. The van der Waals surface area contributed by atoms with Crippen LogP contribution in [0.15, 0.2) is 35.7 Å². The summed E-state index contributed by atoms with van der Waals surface area (Å²) in [6.07, 6.45) is 1.12. The van der Waals surface area contributed by atoms with Crippen molar-refractivity contribution >= 4 is 11.3 Å². The normalized spacial score (nSPS) is 10.8. The maximum atomic E-state index is 5.11. The third-order valence-corrected chi connectivity index (χ3v) is 4.13. The molecule has 3 heteroatoms. The summed E-state index contributed by atoms with van der Waals surface area (Å²) in [5.74, 6) is 0. The number of rotatable bonds is 7.